The molecule has 1 aliphatic heterocycles. The van der Waals surface area contributed by atoms with Crippen molar-refractivity contribution in [1.29, 1.82) is 0 Å². The third-order valence-corrected chi connectivity index (χ3v) is 7.09. The summed E-state index contributed by atoms with van der Waals surface area (Å²) in [6.45, 7) is 4.23. The van der Waals surface area contributed by atoms with Crippen LogP contribution in [-0.4, -0.2) is 54.3 Å². The molecule has 2 aromatic carbocycles. The fourth-order valence-corrected chi connectivity index (χ4v) is 4.99. The lowest BCUT2D eigenvalue weighted by molar-refractivity contribution is 0.0792. The number of hydrogen-bond donors (Lipinski definition) is 3. The summed E-state index contributed by atoms with van der Waals surface area (Å²) in [7, 11) is 1.60. The zero-order chi connectivity index (χ0) is 25.5. The average molecular weight is 507 g/mol. The number of aliphatic hydroxyl groups excluding tert-OH is 1. The number of aryl methyl sites for hydroxylation is 1. The highest BCUT2D eigenvalue weighted by molar-refractivity contribution is 7.15. The Kier molecular flexibility index (Phi) is 8.48. The summed E-state index contributed by atoms with van der Waals surface area (Å²) < 4.78 is 5.14. The van der Waals surface area contributed by atoms with Gasteiger partial charge in [0.2, 0.25) is 0 Å². The number of carbonyl (C=O) groups is 2. The van der Waals surface area contributed by atoms with Gasteiger partial charge in [0.15, 0.2) is 0 Å². The van der Waals surface area contributed by atoms with Crippen LogP contribution in [0.25, 0.3) is 0 Å². The number of hydrazone groups is 1. The Morgan fingerprint density at radius 3 is 2.64 bits per heavy atom. The minimum atomic E-state index is -0.394. The summed E-state index contributed by atoms with van der Waals surface area (Å²) in [4.78, 5) is 28.1. The second-order valence-electron chi connectivity index (χ2n) is 8.76. The van der Waals surface area contributed by atoms with Crippen LogP contribution in [0.5, 0.6) is 5.75 Å². The largest absolute Gasteiger partial charge is 0.497 e. The molecular formula is C27H30N4O4S. The summed E-state index contributed by atoms with van der Waals surface area (Å²) in [6.07, 6.45) is 2.87. The highest BCUT2D eigenvalue weighted by Crippen LogP contribution is 2.28. The number of piperidine rings is 1. The van der Waals surface area contributed by atoms with Gasteiger partial charge in [-0.2, -0.15) is 5.10 Å². The summed E-state index contributed by atoms with van der Waals surface area (Å²) >= 11 is 1.30. The first-order chi connectivity index (χ1) is 17.4. The van der Waals surface area contributed by atoms with Gasteiger partial charge in [0.05, 0.1) is 25.0 Å². The minimum Gasteiger partial charge on any atom is -0.497 e. The Morgan fingerprint density at radius 2 is 1.92 bits per heavy atom. The van der Waals surface area contributed by atoms with Crippen LogP contribution >= 0.6 is 11.3 Å². The zero-order valence-corrected chi connectivity index (χ0v) is 21.2. The van der Waals surface area contributed by atoms with Crippen LogP contribution in [0.2, 0.25) is 0 Å². The van der Waals surface area contributed by atoms with E-state index in [9.17, 15) is 14.7 Å². The van der Waals surface area contributed by atoms with Crippen molar-refractivity contribution in [1.82, 2.24) is 10.3 Å². The topological polar surface area (TPSA) is 103 Å². The van der Waals surface area contributed by atoms with Gasteiger partial charge in [-0.15, -0.1) is 11.3 Å². The number of amides is 2. The molecular weight excluding hydrogens is 476 g/mol. The Morgan fingerprint density at radius 1 is 1.17 bits per heavy atom. The number of ether oxygens (including phenoxy) is 1. The number of benzene rings is 2. The first-order valence-corrected chi connectivity index (χ1v) is 12.7. The monoisotopic (exact) mass is 506 g/mol. The van der Waals surface area contributed by atoms with Crippen LogP contribution in [0.15, 0.2) is 59.0 Å². The molecule has 0 radical (unpaired) electrons. The second kappa shape index (κ2) is 11.9. The van der Waals surface area contributed by atoms with Crippen LogP contribution in [0.4, 0.5) is 5.00 Å². The Labute approximate surface area is 214 Å². The summed E-state index contributed by atoms with van der Waals surface area (Å²) in [6, 6.07) is 14.8. The smallest absolute Gasteiger partial charge is 0.274 e. The molecule has 2 amide bonds. The van der Waals surface area contributed by atoms with E-state index in [0.29, 0.717) is 16.1 Å². The van der Waals surface area contributed by atoms with Crippen molar-refractivity contribution >= 4 is 34.4 Å². The van der Waals surface area contributed by atoms with E-state index in [4.69, 9.17) is 4.74 Å². The summed E-state index contributed by atoms with van der Waals surface area (Å²) in [5.41, 5.74) is 6.07. The summed E-state index contributed by atoms with van der Waals surface area (Å²) in [5, 5.41) is 19.0. The number of nitrogens with zero attached hydrogens (tertiary/aromatic N) is 2. The molecule has 4 rings (SSSR count). The molecule has 0 spiro atoms. The summed E-state index contributed by atoms with van der Waals surface area (Å²) in [5.74, 6) is 0.0701. The van der Waals surface area contributed by atoms with Gasteiger partial charge in [0.25, 0.3) is 11.8 Å². The normalized spacial score (nSPS) is 14.6. The number of methoxy groups -OCH3 is 1. The van der Waals surface area contributed by atoms with Crippen molar-refractivity contribution in [2.45, 2.75) is 32.4 Å². The fraction of sp³-hybridized carbons (Fsp3) is 0.296. The average Bonchev–Trinajstić information content (AvgIpc) is 3.25. The van der Waals surface area contributed by atoms with Gasteiger partial charge in [-0.3, -0.25) is 14.5 Å². The maximum Gasteiger partial charge on any atom is 0.274 e. The van der Waals surface area contributed by atoms with E-state index >= 15 is 0 Å². The van der Waals surface area contributed by atoms with Gasteiger partial charge in [-0.05, 0) is 78.2 Å². The predicted molar refractivity (Wildman–Crippen MR) is 142 cm³/mol. The Hall–Kier alpha value is -3.53. The zero-order valence-electron chi connectivity index (χ0n) is 20.4. The standard InChI is InChI=1S/C27H30N4O4S/c1-18-17-36-27(24(18)26(34)30-28-15-19-6-8-23(35-2)9-7-19)29-25(33)21-5-3-4-20(14-21)16-31-12-10-22(32)11-13-31/h3-9,14-15,17,22,32H,10-13,16H2,1-2H3,(H,29,33)(H,30,34). The van der Waals surface area contributed by atoms with E-state index in [1.165, 1.54) is 11.3 Å². The molecule has 2 heterocycles. The van der Waals surface area contributed by atoms with E-state index in [1.54, 1.807) is 19.4 Å². The molecule has 1 fully saturated rings. The Balaban J connectivity index is 1.39. The molecule has 3 aromatic rings. The maximum absolute atomic E-state index is 13.0. The maximum atomic E-state index is 13.0. The van der Waals surface area contributed by atoms with Crippen LogP contribution < -0.4 is 15.5 Å². The molecule has 36 heavy (non-hydrogen) atoms. The number of carbonyl (C=O) groups excluding carboxylic acids is 2. The molecule has 188 valence electrons. The van der Waals surface area contributed by atoms with Crippen molar-refractivity contribution in [3.8, 4) is 5.75 Å². The van der Waals surface area contributed by atoms with E-state index in [-0.39, 0.29) is 12.0 Å². The molecule has 1 aromatic heterocycles. The van der Waals surface area contributed by atoms with Crippen molar-refractivity contribution in [3.05, 3.63) is 81.7 Å². The first kappa shape index (κ1) is 25.6. The molecule has 1 aliphatic rings. The number of nitrogens with one attached hydrogen (secondary N) is 2. The quantitative estimate of drug-likeness (QED) is 0.316. The molecule has 3 N–H and O–H groups in total. The highest BCUT2D eigenvalue weighted by atomic mass is 32.1. The van der Waals surface area contributed by atoms with E-state index in [2.05, 4.69) is 20.7 Å². The lowest BCUT2D eigenvalue weighted by atomic mass is 10.1. The van der Waals surface area contributed by atoms with Gasteiger partial charge >= 0.3 is 0 Å². The SMILES string of the molecule is COc1ccc(C=NNC(=O)c2c(C)csc2NC(=O)c2cccc(CN3CCC(O)CC3)c2)cc1. The van der Waals surface area contributed by atoms with E-state index < -0.39 is 5.91 Å². The molecule has 0 atom stereocenters. The lowest BCUT2D eigenvalue weighted by Gasteiger charge is -2.29. The van der Waals surface area contributed by atoms with Crippen LogP contribution in [0.1, 0.15) is 50.2 Å². The predicted octanol–water partition coefficient (Wildman–Crippen LogP) is 4.04. The number of anilines is 1. The van der Waals surface area contributed by atoms with Gasteiger partial charge < -0.3 is 15.2 Å². The van der Waals surface area contributed by atoms with Crippen molar-refractivity contribution < 1.29 is 19.4 Å². The van der Waals surface area contributed by atoms with Gasteiger partial charge in [-0.1, -0.05) is 12.1 Å². The number of aliphatic hydroxyl groups is 1. The van der Waals surface area contributed by atoms with E-state index in [1.807, 2.05) is 54.8 Å². The molecule has 0 saturated carbocycles. The fourth-order valence-electron chi connectivity index (χ4n) is 4.05. The Bertz CT molecular complexity index is 1230. The number of hydrogen-bond acceptors (Lipinski definition) is 7. The van der Waals surface area contributed by atoms with Crippen molar-refractivity contribution in [2.75, 3.05) is 25.5 Å². The van der Waals surface area contributed by atoms with Crippen LogP contribution in [0, 0.1) is 6.92 Å². The van der Waals surface area contributed by atoms with Gasteiger partial charge in [0, 0.05) is 25.2 Å². The number of rotatable bonds is 8. The van der Waals surface area contributed by atoms with Gasteiger partial charge in [0.1, 0.15) is 10.8 Å². The highest BCUT2D eigenvalue weighted by Gasteiger charge is 2.20. The van der Waals surface area contributed by atoms with Crippen molar-refractivity contribution in [3.63, 3.8) is 0 Å². The molecule has 1 saturated heterocycles. The molecule has 0 unspecified atom stereocenters. The number of thiophene rings is 1. The molecule has 8 nitrogen and oxygen atoms in total. The minimum absolute atomic E-state index is 0.216. The van der Waals surface area contributed by atoms with E-state index in [0.717, 1.165) is 54.9 Å². The first-order valence-electron chi connectivity index (χ1n) is 11.8. The van der Waals surface area contributed by atoms with Gasteiger partial charge in [-0.25, -0.2) is 5.43 Å². The third kappa shape index (κ3) is 6.57. The second-order valence-corrected chi connectivity index (χ2v) is 9.64. The third-order valence-electron chi connectivity index (χ3n) is 6.08. The van der Waals surface area contributed by atoms with Crippen molar-refractivity contribution in [2.24, 2.45) is 5.10 Å². The number of likely N-dealkylation sites (tertiary alicyclic amines) is 1. The lowest BCUT2D eigenvalue weighted by Crippen LogP contribution is -2.35. The molecule has 0 aliphatic carbocycles. The van der Waals surface area contributed by atoms with Crippen LogP contribution in [-0.2, 0) is 6.54 Å². The van der Waals surface area contributed by atoms with Crippen LogP contribution in [0.3, 0.4) is 0 Å². The molecule has 9 heteroatoms. The molecule has 0 bridgehead atoms.